The van der Waals surface area contributed by atoms with Gasteiger partial charge in [0.2, 0.25) is 0 Å². The Kier molecular flexibility index (Phi) is 7.55. The van der Waals surface area contributed by atoms with Gasteiger partial charge >= 0.3 is 0 Å². The number of ether oxygens (including phenoxy) is 2. The number of nitrogens with one attached hydrogen (secondary N) is 1. The number of halogens is 1. The third-order valence-corrected chi connectivity index (χ3v) is 6.26. The zero-order chi connectivity index (χ0) is 24.0. The molecule has 0 spiro atoms. The normalized spacial score (nSPS) is 11.0. The van der Waals surface area contributed by atoms with Crippen molar-refractivity contribution in [1.29, 1.82) is 0 Å². The van der Waals surface area contributed by atoms with Crippen LogP contribution >= 0.6 is 0 Å². The van der Waals surface area contributed by atoms with Gasteiger partial charge in [0.1, 0.15) is 28.8 Å². The average Bonchev–Trinajstić information content (AvgIpc) is 2.80. The Morgan fingerprint density at radius 3 is 2.33 bits per heavy atom. The molecule has 1 amide bonds. The molecule has 1 N–H and O–H groups in total. The summed E-state index contributed by atoms with van der Waals surface area (Å²) < 4.78 is 52.2. The van der Waals surface area contributed by atoms with Crippen LogP contribution in [0, 0.1) is 12.7 Å². The van der Waals surface area contributed by atoms with E-state index in [2.05, 4.69) is 4.72 Å². The summed E-state index contributed by atoms with van der Waals surface area (Å²) >= 11 is 0. The van der Waals surface area contributed by atoms with Crippen LogP contribution in [0.2, 0.25) is 0 Å². The predicted molar refractivity (Wildman–Crippen MR) is 124 cm³/mol. The second-order valence-corrected chi connectivity index (χ2v) is 9.02. The SMILES string of the molecule is COc1ccc(C(=O)N(C)CCOc2ccc(F)cc2)cc1S(=O)(=O)Nc1ccc(C)cc1. The number of likely N-dealkylation sites (N-methyl/N-ethyl adjacent to an activating group) is 1. The van der Waals surface area contributed by atoms with Gasteiger partial charge < -0.3 is 14.4 Å². The number of nitrogens with zero attached hydrogens (tertiary/aromatic N) is 1. The summed E-state index contributed by atoms with van der Waals surface area (Å²) in [7, 11) is -1.06. The highest BCUT2D eigenvalue weighted by Crippen LogP contribution is 2.27. The maximum absolute atomic E-state index is 13.0. The molecule has 3 aromatic rings. The number of methoxy groups -OCH3 is 1. The van der Waals surface area contributed by atoms with E-state index in [0.29, 0.717) is 11.4 Å². The molecule has 0 fully saturated rings. The van der Waals surface area contributed by atoms with Crippen molar-refractivity contribution in [1.82, 2.24) is 4.90 Å². The van der Waals surface area contributed by atoms with Crippen LogP contribution in [-0.2, 0) is 10.0 Å². The summed E-state index contributed by atoms with van der Waals surface area (Å²) in [5.74, 6) is -0.144. The van der Waals surface area contributed by atoms with E-state index in [9.17, 15) is 17.6 Å². The van der Waals surface area contributed by atoms with Crippen LogP contribution in [0.25, 0.3) is 0 Å². The lowest BCUT2D eigenvalue weighted by Crippen LogP contribution is -2.31. The molecule has 0 aliphatic rings. The highest BCUT2D eigenvalue weighted by Gasteiger charge is 2.23. The first-order valence-corrected chi connectivity index (χ1v) is 11.6. The standard InChI is InChI=1S/C24H25FN2O5S/c1-17-4-9-20(10-5-17)26-33(29,30)23-16-18(6-13-22(23)31-3)24(28)27(2)14-15-32-21-11-7-19(25)8-12-21/h4-13,16,26H,14-15H2,1-3H3. The molecule has 33 heavy (non-hydrogen) atoms. The van der Waals surface area contributed by atoms with E-state index >= 15 is 0 Å². The molecule has 0 saturated carbocycles. The zero-order valence-electron chi connectivity index (χ0n) is 18.5. The number of aryl methyl sites for hydroxylation is 1. The van der Waals surface area contributed by atoms with Gasteiger partial charge in [-0.15, -0.1) is 0 Å². The molecule has 0 unspecified atom stereocenters. The number of benzene rings is 3. The van der Waals surface area contributed by atoms with Crippen LogP contribution in [0.15, 0.2) is 71.6 Å². The summed E-state index contributed by atoms with van der Waals surface area (Å²) in [6, 6.07) is 16.7. The molecule has 3 rings (SSSR count). The van der Waals surface area contributed by atoms with Crippen molar-refractivity contribution in [3.05, 3.63) is 83.7 Å². The Balaban J connectivity index is 1.73. The minimum atomic E-state index is -4.01. The summed E-state index contributed by atoms with van der Waals surface area (Å²) in [6.07, 6.45) is 0. The topological polar surface area (TPSA) is 84.9 Å². The van der Waals surface area contributed by atoms with E-state index in [4.69, 9.17) is 9.47 Å². The van der Waals surface area contributed by atoms with Gasteiger partial charge in [0, 0.05) is 18.3 Å². The first-order chi connectivity index (χ1) is 15.7. The molecular weight excluding hydrogens is 447 g/mol. The molecule has 0 radical (unpaired) electrons. The van der Waals surface area contributed by atoms with E-state index in [1.54, 1.807) is 31.3 Å². The molecule has 3 aromatic carbocycles. The summed E-state index contributed by atoms with van der Waals surface area (Å²) in [6.45, 7) is 2.33. The largest absolute Gasteiger partial charge is 0.495 e. The lowest BCUT2D eigenvalue weighted by atomic mass is 10.2. The molecule has 0 aliphatic heterocycles. The number of anilines is 1. The van der Waals surface area contributed by atoms with Crippen LogP contribution in [-0.4, -0.2) is 46.5 Å². The van der Waals surface area contributed by atoms with Crippen molar-refractivity contribution in [2.24, 2.45) is 0 Å². The van der Waals surface area contributed by atoms with E-state index in [-0.39, 0.29) is 41.1 Å². The van der Waals surface area contributed by atoms with Gasteiger partial charge in [0.25, 0.3) is 15.9 Å². The van der Waals surface area contributed by atoms with Crippen LogP contribution < -0.4 is 14.2 Å². The Morgan fingerprint density at radius 1 is 1.03 bits per heavy atom. The number of amides is 1. The number of carbonyl (C=O) groups excluding carboxylic acids is 1. The number of hydrogen-bond acceptors (Lipinski definition) is 5. The molecule has 7 nitrogen and oxygen atoms in total. The molecule has 0 aromatic heterocycles. The fourth-order valence-electron chi connectivity index (χ4n) is 3.00. The van der Waals surface area contributed by atoms with E-state index in [1.165, 1.54) is 54.5 Å². The quantitative estimate of drug-likeness (QED) is 0.507. The average molecular weight is 473 g/mol. The van der Waals surface area contributed by atoms with E-state index in [1.807, 2.05) is 6.92 Å². The van der Waals surface area contributed by atoms with Gasteiger partial charge in [-0.2, -0.15) is 0 Å². The van der Waals surface area contributed by atoms with Crippen LogP contribution in [0.4, 0.5) is 10.1 Å². The van der Waals surface area contributed by atoms with Crippen LogP contribution in [0.5, 0.6) is 11.5 Å². The van der Waals surface area contributed by atoms with Crippen molar-refractivity contribution in [3.8, 4) is 11.5 Å². The molecule has 9 heteroatoms. The van der Waals surface area contributed by atoms with Crippen molar-refractivity contribution in [2.45, 2.75) is 11.8 Å². The Labute approximate surface area is 192 Å². The number of rotatable bonds is 9. The molecular formula is C24H25FN2O5S. The van der Waals surface area contributed by atoms with Crippen molar-refractivity contribution in [3.63, 3.8) is 0 Å². The van der Waals surface area contributed by atoms with Crippen molar-refractivity contribution >= 4 is 21.6 Å². The van der Waals surface area contributed by atoms with E-state index in [0.717, 1.165) is 5.56 Å². The predicted octanol–water partition coefficient (Wildman–Crippen LogP) is 4.09. The fraction of sp³-hybridized carbons (Fsp3) is 0.208. The lowest BCUT2D eigenvalue weighted by molar-refractivity contribution is 0.0773. The third-order valence-electron chi connectivity index (χ3n) is 4.86. The minimum absolute atomic E-state index is 0.119. The summed E-state index contributed by atoms with van der Waals surface area (Å²) in [4.78, 5) is 14.1. The smallest absolute Gasteiger partial charge is 0.265 e. The monoisotopic (exact) mass is 472 g/mol. The Bertz CT molecular complexity index is 1210. The Hall–Kier alpha value is -3.59. The van der Waals surface area contributed by atoms with Gasteiger partial charge in [-0.3, -0.25) is 9.52 Å². The van der Waals surface area contributed by atoms with Gasteiger partial charge in [-0.05, 0) is 61.5 Å². The molecule has 0 heterocycles. The zero-order valence-corrected chi connectivity index (χ0v) is 19.4. The first kappa shape index (κ1) is 24.1. The van der Waals surface area contributed by atoms with Gasteiger partial charge in [-0.25, -0.2) is 12.8 Å². The molecule has 174 valence electrons. The van der Waals surface area contributed by atoms with Crippen LogP contribution in [0.1, 0.15) is 15.9 Å². The molecule has 0 saturated heterocycles. The minimum Gasteiger partial charge on any atom is -0.495 e. The fourth-order valence-corrected chi connectivity index (χ4v) is 4.26. The Morgan fingerprint density at radius 2 is 1.70 bits per heavy atom. The second kappa shape index (κ2) is 10.4. The number of carbonyl (C=O) groups is 1. The highest BCUT2D eigenvalue weighted by atomic mass is 32.2. The summed E-state index contributed by atoms with van der Waals surface area (Å²) in [5.41, 5.74) is 1.58. The molecule has 0 aliphatic carbocycles. The van der Waals surface area contributed by atoms with E-state index < -0.39 is 10.0 Å². The first-order valence-electron chi connectivity index (χ1n) is 10.1. The molecule has 0 bridgehead atoms. The van der Waals surface area contributed by atoms with Gasteiger partial charge in [0.05, 0.1) is 13.7 Å². The number of hydrogen-bond donors (Lipinski definition) is 1. The van der Waals surface area contributed by atoms with Crippen molar-refractivity contribution < 1.29 is 27.1 Å². The molecule has 0 atom stereocenters. The van der Waals surface area contributed by atoms with Crippen molar-refractivity contribution in [2.75, 3.05) is 32.0 Å². The maximum atomic E-state index is 13.0. The summed E-state index contributed by atoms with van der Waals surface area (Å²) in [5, 5.41) is 0. The lowest BCUT2D eigenvalue weighted by Gasteiger charge is -2.19. The maximum Gasteiger partial charge on any atom is 0.265 e. The third kappa shape index (κ3) is 6.23. The van der Waals surface area contributed by atoms with Gasteiger partial charge in [-0.1, -0.05) is 17.7 Å². The van der Waals surface area contributed by atoms with Gasteiger partial charge in [0.15, 0.2) is 0 Å². The number of sulfonamides is 1. The van der Waals surface area contributed by atoms with Crippen LogP contribution in [0.3, 0.4) is 0 Å². The highest BCUT2D eigenvalue weighted by molar-refractivity contribution is 7.92. The second-order valence-electron chi connectivity index (χ2n) is 7.37.